The molecule has 0 aliphatic carbocycles. The van der Waals surface area contributed by atoms with Gasteiger partial charge in [0.05, 0.1) is 11.4 Å². The van der Waals surface area contributed by atoms with E-state index in [9.17, 15) is 4.79 Å². The molecule has 6 heteroatoms. The maximum absolute atomic E-state index is 12.9. The van der Waals surface area contributed by atoms with Crippen molar-refractivity contribution in [2.45, 2.75) is 31.8 Å². The monoisotopic (exact) mass is 432 g/mol. The van der Waals surface area contributed by atoms with Crippen molar-refractivity contribution in [1.29, 1.82) is 0 Å². The predicted molar refractivity (Wildman–Crippen MR) is 126 cm³/mol. The van der Waals surface area contributed by atoms with Crippen LogP contribution in [0.15, 0.2) is 60.1 Å². The van der Waals surface area contributed by atoms with Crippen LogP contribution in [0, 0.1) is 0 Å². The van der Waals surface area contributed by atoms with Crippen LogP contribution in [0.2, 0.25) is 0 Å². The van der Waals surface area contributed by atoms with Gasteiger partial charge in [-0.25, -0.2) is 0 Å². The molecule has 0 saturated carbocycles. The Morgan fingerprint density at radius 3 is 2.71 bits per heavy atom. The second-order valence-electron chi connectivity index (χ2n) is 8.40. The van der Waals surface area contributed by atoms with Crippen LogP contribution < -0.4 is 0 Å². The molecule has 160 valence electrons. The first-order chi connectivity index (χ1) is 15.3. The quantitative estimate of drug-likeness (QED) is 0.543. The summed E-state index contributed by atoms with van der Waals surface area (Å²) in [6.07, 6.45) is 9.39. The Morgan fingerprint density at radius 2 is 1.94 bits per heavy atom. The van der Waals surface area contributed by atoms with Crippen molar-refractivity contribution in [3.05, 3.63) is 71.2 Å². The molecule has 1 unspecified atom stereocenters. The van der Waals surface area contributed by atoms with E-state index >= 15 is 0 Å². The Kier molecular flexibility index (Phi) is 6.00. The molecule has 31 heavy (non-hydrogen) atoms. The molecule has 0 spiro atoms. The third-order valence-electron chi connectivity index (χ3n) is 6.27. The highest BCUT2D eigenvalue weighted by atomic mass is 32.1. The van der Waals surface area contributed by atoms with E-state index in [1.54, 1.807) is 17.4 Å². The number of likely N-dealkylation sites (tertiary alicyclic amines) is 2. The van der Waals surface area contributed by atoms with Crippen molar-refractivity contribution in [2.75, 3.05) is 26.2 Å². The molecule has 0 radical (unpaired) electrons. The van der Waals surface area contributed by atoms with Crippen LogP contribution in [-0.2, 0) is 11.3 Å². The van der Waals surface area contributed by atoms with Gasteiger partial charge in [0.15, 0.2) is 0 Å². The Bertz CT molecular complexity index is 1030. The number of thiophene rings is 1. The summed E-state index contributed by atoms with van der Waals surface area (Å²) in [6, 6.07) is 15.0. The van der Waals surface area contributed by atoms with Crippen molar-refractivity contribution in [2.24, 2.45) is 0 Å². The van der Waals surface area contributed by atoms with E-state index in [0.717, 1.165) is 35.6 Å². The summed E-state index contributed by atoms with van der Waals surface area (Å²) in [5.74, 6) is 0.106. The third kappa shape index (κ3) is 4.65. The van der Waals surface area contributed by atoms with Gasteiger partial charge in [0, 0.05) is 37.0 Å². The lowest BCUT2D eigenvalue weighted by atomic mass is 10.2. The largest absolute Gasteiger partial charge is 0.338 e. The van der Waals surface area contributed by atoms with E-state index < -0.39 is 0 Å². The van der Waals surface area contributed by atoms with Crippen LogP contribution in [0.5, 0.6) is 0 Å². The average Bonchev–Trinajstić information content (AvgIpc) is 3.59. The molecule has 5 nitrogen and oxygen atoms in total. The normalized spacial score (nSPS) is 19.6. The van der Waals surface area contributed by atoms with Crippen LogP contribution in [0.25, 0.3) is 16.6 Å². The van der Waals surface area contributed by atoms with Gasteiger partial charge < -0.3 is 4.90 Å². The van der Waals surface area contributed by atoms with Crippen molar-refractivity contribution in [3.63, 3.8) is 0 Å². The maximum Gasteiger partial charge on any atom is 0.246 e. The molecule has 4 heterocycles. The number of aromatic nitrogens is 2. The first-order valence-corrected chi connectivity index (χ1v) is 12.0. The van der Waals surface area contributed by atoms with Crippen LogP contribution in [0.1, 0.15) is 30.4 Å². The number of hydrogen-bond donors (Lipinski definition) is 0. The van der Waals surface area contributed by atoms with Gasteiger partial charge in [-0.05, 0) is 55.4 Å². The summed E-state index contributed by atoms with van der Waals surface area (Å²) < 4.78 is 1.97. The summed E-state index contributed by atoms with van der Waals surface area (Å²) >= 11 is 1.67. The van der Waals surface area contributed by atoms with Gasteiger partial charge >= 0.3 is 0 Å². The van der Waals surface area contributed by atoms with Crippen molar-refractivity contribution in [1.82, 2.24) is 19.6 Å². The van der Waals surface area contributed by atoms with E-state index in [0.29, 0.717) is 12.6 Å². The minimum Gasteiger partial charge on any atom is -0.338 e. The van der Waals surface area contributed by atoms with E-state index in [1.807, 2.05) is 46.1 Å². The Hall–Kier alpha value is -2.70. The average molecular weight is 433 g/mol. The summed E-state index contributed by atoms with van der Waals surface area (Å²) in [5, 5.41) is 6.89. The lowest BCUT2D eigenvalue weighted by Crippen LogP contribution is -2.36. The number of carbonyl (C=O) groups excluding carboxylic acids is 1. The zero-order valence-corrected chi connectivity index (χ0v) is 18.5. The standard InChI is InChI=1S/C25H28N4OS/c30-24(28-15-12-22(19-28)27-13-4-5-14-27)11-10-21-18-29(17-20-7-2-1-3-8-20)26-25(21)23-9-6-16-31-23/h1-3,6-11,16,18,22H,4-5,12-15,17,19H2/b11-10+. The smallest absolute Gasteiger partial charge is 0.246 e. The molecule has 2 aliphatic heterocycles. The number of hydrogen-bond acceptors (Lipinski definition) is 4. The number of carbonyl (C=O) groups is 1. The van der Waals surface area contributed by atoms with Crippen LogP contribution in [0.4, 0.5) is 0 Å². The number of amides is 1. The van der Waals surface area contributed by atoms with E-state index in [1.165, 1.54) is 31.5 Å². The van der Waals surface area contributed by atoms with E-state index in [-0.39, 0.29) is 5.91 Å². The highest BCUT2D eigenvalue weighted by molar-refractivity contribution is 7.13. The molecule has 0 bridgehead atoms. The first kappa shape index (κ1) is 20.2. The molecule has 5 rings (SSSR count). The molecule has 3 aromatic rings. The number of nitrogens with zero attached hydrogens (tertiary/aromatic N) is 4. The van der Waals surface area contributed by atoms with E-state index in [2.05, 4.69) is 28.5 Å². The van der Waals surface area contributed by atoms with E-state index in [4.69, 9.17) is 5.10 Å². The maximum atomic E-state index is 12.9. The topological polar surface area (TPSA) is 41.4 Å². The molecular weight excluding hydrogens is 404 g/mol. The molecule has 2 saturated heterocycles. The zero-order chi connectivity index (χ0) is 21.0. The lowest BCUT2D eigenvalue weighted by Gasteiger charge is -2.23. The fourth-order valence-electron chi connectivity index (χ4n) is 4.63. The summed E-state index contributed by atoms with van der Waals surface area (Å²) in [7, 11) is 0. The van der Waals surface area contributed by atoms with Gasteiger partial charge in [-0.15, -0.1) is 11.3 Å². The van der Waals surface area contributed by atoms with Gasteiger partial charge in [0.1, 0.15) is 5.69 Å². The van der Waals surface area contributed by atoms with Gasteiger partial charge in [-0.2, -0.15) is 5.10 Å². The van der Waals surface area contributed by atoms with Gasteiger partial charge in [-0.3, -0.25) is 14.4 Å². The van der Waals surface area contributed by atoms with Gasteiger partial charge in [-0.1, -0.05) is 36.4 Å². The van der Waals surface area contributed by atoms with Crippen molar-refractivity contribution in [3.8, 4) is 10.6 Å². The molecule has 2 aliphatic rings. The molecule has 1 atom stereocenters. The molecule has 0 N–H and O–H groups in total. The SMILES string of the molecule is O=C(/C=C/c1cn(Cc2ccccc2)nc1-c1cccs1)N1CCC(N2CCCC2)C1. The third-order valence-corrected chi connectivity index (χ3v) is 7.15. The fraction of sp³-hybridized carbons (Fsp3) is 0.360. The van der Waals surface area contributed by atoms with Gasteiger partial charge in [0.2, 0.25) is 5.91 Å². The fourth-order valence-corrected chi connectivity index (χ4v) is 5.36. The van der Waals surface area contributed by atoms with Crippen molar-refractivity contribution >= 4 is 23.3 Å². The first-order valence-electron chi connectivity index (χ1n) is 11.1. The zero-order valence-electron chi connectivity index (χ0n) is 17.7. The molecular formula is C25H28N4OS. The molecule has 1 amide bonds. The molecule has 2 aromatic heterocycles. The highest BCUT2D eigenvalue weighted by Crippen LogP contribution is 2.28. The Balaban J connectivity index is 1.31. The summed E-state index contributed by atoms with van der Waals surface area (Å²) in [5.41, 5.74) is 3.13. The second kappa shape index (κ2) is 9.20. The van der Waals surface area contributed by atoms with Crippen LogP contribution >= 0.6 is 11.3 Å². The van der Waals surface area contributed by atoms with Crippen LogP contribution in [0.3, 0.4) is 0 Å². The van der Waals surface area contributed by atoms with Crippen LogP contribution in [-0.4, -0.2) is 57.7 Å². The molecule has 1 aromatic carbocycles. The second-order valence-corrected chi connectivity index (χ2v) is 9.34. The minimum atomic E-state index is 0.106. The van der Waals surface area contributed by atoms with Gasteiger partial charge in [0.25, 0.3) is 0 Å². The summed E-state index contributed by atoms with van der Waals surface area (Å²) in [4.78, 5) is 18.5. The van der Waals surface area contributed by atoms with Crippen molar-refractivity contribution < 1.29 is 4.79 Å². The molecule has 2 fully saturated rings. The lowest BCUT2D eigenvalue weighted by molar-refractivity contribution is -0.125. The number of benzene rings is 1. The summed E-state index contributed by atoms with van der Waals surface area (Å²) in [6.45, 7) is 4.80. The Morgan fingerprint density at radius 1 is 1.10 bits per heavy atom. The minimum absolute atomic E-state index is 0.106. The predicted octanol–water partition coefficient (Wildman–Crippen LogP) is 4.37. The highest BCUT2D eigenvalue weighted by Gasteiger charge is 2.30. The number of rotatable bonds is 6. The Labute approximate surface area is 187 Å².